The smallest absolute Gasteiger partial charge is 0.257 e. The third kappa shape index (κ3) is 3.85. The summed E-state index contributed by atoms with van der Waals surface area (Å²) in [7, 11) is 0. The molecule has 1 heterocycles. The molecule has 1 N–H and O–H groups in total. The molecule has 0 bridgehead atoms. The molecule has 0 aliphatic rings. The van der Waals surface area contributed by atoms with Gasteiger partial charge in [-0.15, -0.1) is 0 Å². The highest BCUT2D eigenvalue weighted by Gasteiger charge is 2.17. The number of nitrogens with zero attached hydrogens (tertiary/aromatic N) is 1. The maximum absolute atomic E-state index is 13.4. The summed E-state index contributed by atoms with van der Waals surface area (Å²) in [5, 5.41) is 3.27. The average Bonchev–Trinajstić information content (AvgIpc) is 3.13. The first-order chi connectivity index (χ1) is 13.6. The van der Waals surface area contributed by atoms with E-state index in [4.69, 9.17) is 0 Å². The predicted octanol–water partition coefficient (Wildman–Crippen LogP) is 6.18. The fourth-order valence-corrected chi connectivity index (χ4v) is 3.85. The Morgan fingerprint density at radius 1 is 0.929 bits per heavy atom. The summed E-state index contributed by atoms with van der Waals surface area (Å²) in [6, 6.07) is 23.7. The lowest BCUT2D eigenvalue weighted by molar-refractivity contribution is 0.102. The van der Waals surface area contributed by atoms with Gasteiger partial charge in [-0.3, -0.25) is 10.1 Å². The fraction of sp³-hybridized carbons (Fsp3) is 0.0435. The largest absolute Gasteiger partial charge is 0.298 e. The number of carbonyl (C=O) groups is 1. The normalized spacial score (nSPS) is 10.6. The first kappa shape index (κ1) is 18.1. The van der Waals surface area contributed by atoms with Crippen LogP contribution < -0.4 is 5.32 Å². The van der Waals surface area contributed by atoms with Gasteiger partial charge in [0.2, 0.25) is 0 Å². The Morgan fingerprint density at radius 2 is 1.68 bits per heavy atom. The minimum atomic E-state index is -0.447. The molecule has 0 spiro atoms. The summed E-state index contributed by atoms with van der Waals surface area (Å²) in [4.78, 5) is 18.1. The van der Waals surface area contributed by atoms with E-state index >= 15 is 0 Å². The molecule has 0 unspecified atom stereocenters. The highest BCUT2D eigenvalue weighted by atomic mass is 32.1. The molecule has 138 valence electrons. The van der Waals surface area contributed by atoms with Crippen LogP contribution in [0.3, 0.4) is 0 Å². The van der Waals surface area contributed by atoms with Crippen LogP contribution in [0, 0.1) is 12.7 Å². The second-order valence-electron chi connectivity index (χ2n) is 6.39. The lowest BCUT2D eigenvalue weighted by Crippen LogP contribution is -2.11. The predicted molar refractivity (Wildman–Crippen MR) is 112 cm³/mol. The highest BCUT2D eigenvalue weighted by Crippen LogP contribution is 2.39. The summed E-state index contributed by atoms with van der Waals surface area (Å²) in [5.74, 6) is -0.833. The van der Waals surface area contributed by atoms with Crippen molar-refractivity contribution in [1.29, 1.82) is 0 Å². The Labute approximate surface area is 166 Å². The van der Waals surface area contributed by atoms with Crippen LogP contribution in [-0.4, -0.2) is 10.9 Å². The van der Waals surface area contributed by atoms with Crippen LogP contribution >= 0.6 is 11.3 Å². The summed E-state index contributed by atoms with van der Waals surface area (Å²) in [6.07, 6.45) is 0. The van der Waals surface area contributed by atoms with Gasteiger partial charge in [-0.1, -0.05) is 77.6 Å². The van der Waals surface area contributed by atoms with Gasteiger partial charge in [0.1, 0.15) is 5.82 Å². The molecule has 1 aromatic heterocycles. The maximum Gasteiger partial charge on any atom is 0.257 e. The van der Waals surface area contributed by atoms with Gasteiger partial charge in [0.25, 0.3) is 5.91 Å². The van der Waals surface area contributed by atoms with Gasteiger partial charge in [-0.25, -0.2) is 9.37 Å². The number of nitrogens with one attached hydrogen (secondary N) is 1. The maximum atomic E-state index is 13.4. The number of rotatable bonds is 4. The molecule has 0 fully saturated rings. The molecule has 0 aliphatic heterocycles. The van der Waals surface area contributed by atoms with Crippen LogP contribution in [-0.2, 0) is 0 Å². The van der Waals surface area contributed by atoms with E-state index in [1.165, 1.54) is 35.1 Å². The SMILES string of the molecule is Cc1ccc(-c2nc(NC(=O)c3cccc(F)c3)sc2-c2ccccc2)cc1. The molecule has 3 nitrogen and oxygen atoms in total. The van der Waals surface area contributed by atoms with Gasteiger partial charge in [-0.05, 0) is 30.7 Å². The third-order valence-corrected chi connectivity index (χ3v) is 5.32. The van der Waals surface area contributed by atoms with E-state index in [0.29, 0.717) is 5.13 Å². The van der Waals surface area contributed by atoms with Crippen LogP contribution in [0.1, 0.15) is 15.9 Å². The first-order valence-corrected chi connectivity index (χ1v) is 9.62. The van der Waals surface area contributed by atoms with Crippen molar-refractivity contribution in [3.63, 3.8) is 0 Å². The lowest BCUT2D eigenvalue weighted by Gasteiger charge is -2.03. The van der Waals surface area contributed by atoms with Gasteiger partial charge in [0.15, 0.2) is 5.13 Å². The van der Waals surface area contributed by atoms with Crippen molar-refractivity contribution in [2.45, 2.75) is 6.92 Å². The standard InChI is InChI=1S/C23H17FN2OS/c1-15-10-12-16(13-11-15)20-21(17-6-3-2-4-7-17)28-23(25-20)26-22(27)18-8-5-9-19(24)14-18/h2-14H,1H3,(H,25,26,27). The van der Waals surface area contributed by atoms with Crippen LogP contribution in [0.15, 0.2) is 78.9 Å². The minimum Gasteiger partial charge on any atom is -0.298 e. The Balaban J connectivity index is 1.73. The Kier molecular flexibility index (Phi) is 5.00. The second-order valence-corrected chi connectivity index (χ2v) is 7.39. The van der Waals surface area contributed by atoms with E-state index in [1.807, 2.05) is 61.5 Å². The average molecular weight is 388 g/mol. The second kappa shape index (κ2) is 7.74. The van der Waals surface area contributed by atoms with Crippen molar-refractivity contribution in [1.82, 2.24) is 4.98 Å². The molecular weight excluding hydrogens is 371 g/mol. The topological polar surface area (TPSA) is 42.0 Å². The highest BCUT2D eigenvalue weighted by molar-refractivity contribution is 7.19. The summed E-state index contributed by atoms with van der Waals surface area (Å²) >= 11 is 1.40. The number of thiazole rings is 1. The zero-order valence-corrected chi connectivity index (χ0v) is 16.0. The lowest BCUT2D eigenvalue weighted by atomic mass is 10.1. The number of amides is 1. The number of anilines is 1. The summed E-state index contributed by atoms with van der Waals surface area (Å²) in [6.45, 7) is 2.04. The molecule has 1 amide bonds. The summed E-state index contributed by atoms with van der Waals surface area (Å²) in [5.41, 5.74) is 4.24. The zero-order valence-electron chi connectivity index (χ0n) is 15.1. The quantitative estimate of drug-likeness (QED) is 0.454. The van der Waals surface area contributed by atoms with Gasteiger partial charge in [0, 0.05) is 11.1 Å². The first-order valence-electron chi connectivity index (χ1n) is 8.80. The molecule has 0 saturated heterocycles. The molecule has 0 aliphatic carbocycles. The molecule has 4 aromatic rings. The van der Waals surface area contributed by atoms with Crippen molar-refractivity contribution >= 4 is 22.4 Å². The van der Waals surface area contributed by atoms with Crippen molar-refractivity contribution in [3.8, 4) is 21.7 Å². The van der Waals surface area contributed by atoms with E-state index in [1.54, 1.807) is 6.07 Å². The molecule has 5 heteroatoms. The van der Waals surface area contributed by atoms with Gasteiger partial charge in [-0.2, -0.15) is 0 Å². The van der Waals surface area contributed by atoms with E-state index in [2.05, 4.69) is 10.3 Å². The number of carbonyl (C=O) groups excluding carboxylic acids is 1. The van der Waals surface area contributed by atoms with Crippen molar-refractivity contribution in [3.05, 3.63) is 95.8 Å². The van der Waals surface area contributed by atoms with Crippen LogP contribution in [0.5, 0.6) is 0 Å². The molecule has 3 aromatic carbocycles. The van der Waals surface area contributed by atoms with Gasteiger partial charge in [0.05, 0.1) is 10.6 Å². The van der Waals surface area contributed by atoms with E-state index in [9.17, 15) is 9.18 Å². The molecule has 0 saturated carbocycles. The van der Waals surface area contributed by atoms with E-state index < -0.39 is 5.82 Å². The molecule has 0 atom stereocenters. The van der Waals surface area contributed by atoms with E-state index in [-0.39, 0.29) is 11.5 Å². The van der Waals surface area contributed by atoms with Crippen molar-refractivity contribution in [2.24, 2.45) is 0 Å². The monoisotopic (exact) mass is 388 g/mol. The Hall–Kier alpha value is -3.31. The van der Waals surface area contributed by atoms with Gasteiger partial charge < -0.3 is 0 Å². The Bertz CT molecular complexity index is 1120. The zero-order chi connectivity index (χ0) is 19.5. The Morgan fingerprint density at radius 3 is 2.39 bits per heavy atom. The number of hydrogen-bond acceptors (Lipinski definition) is 3. The molecular formula is C23H17FN2OS. The minimum absolute atomic E-state index is 0.258. The molecule has 0 radical (unpaired) electrons. The van der Waals surface area contributed by atoms with Crippen molar-refractivity contribution in [2.75, 3.05) is 5.32 Å². The number of halogens is 1. The number of aromatic nitrogens is 1. The fourth-order valence-electron chi connectivity index (χ4n) is 2.86. The van der Waals surface area contributed by atoms with Crippen LogP contribution in [0.25, 0.3) is 21.7 Å². The number of aryl methyl sites for hydroxylation is 1. The molecule has 28 heavy (non-hydrogen) atoms. The van der Waals surface area contributed by atoms with Gasteiger partial charge >= 0.3 is 0 Å². The van der Waals surface area contributed by atoms with Crippen LogP contribution in [0.2, 0.25) is 0 Å². The number of benzene rings is 3. The number of hydrogen-bond donors (Lipinski definition) is 1. The van der Waals surface area contributed by atoms with Crippen molar-refractivity contribution < 1.29 is 9.18 Å². The van der Waals surface area contributed by atoms with Crippen LogP contribution in [0.4, 0.5) is 9.52 Å². The molecule has 4 rings (SSSR count). The third-order valence-electron chi connectivity index (χ3n) is 4.30. The summed E-state index contributed by atoms with van der Waals surface area (Å²) < 4.78 is 13.4. The van der Waals surface area contributed by atoms with E-state index in [0.717, 1.165) is 21.7 Å².